The van der Waals surface area contributed by atoms with E-state index in [4.69, 9.17) is 5.73 Å². The van der Waals surface area contributed by atoms with Gasteiger partial charge < -0.3 is 10.6 Å². The second-order valence-corrected chi connectivity index (χ2v) is 5.10. The molecule has 0 atom stereocenters. The Kier molecular flexibility index (Phi) is 2.39. The molecule has 0 amide bonds. The average Bonchev–Trinajstić information content (AvgIpc) is 2.92. The summed E-state index contributed by atoms with van der Waals surface area (Å²) in [6.07, 6.45) is 2.87. The molecule has 20 heavy (non-hydrogen) atoms. The maximum Gasteiger partial charge on any atom is 0.0724 e. The highest BCUT2D eigenvalue weighted by Crippen LogP contribution is 2.39. The molecule has 2 heterocycles. The van der Waals surface area contributed by atoms with E-state index in [-0.39, 0.29) is 0 Å². The Morgan fingerprint density at radius 1 is 0.950 bits per heavy atom. The lowest BCUT2D eigenvalue weighted by Crippen LogP contribution is -2.15. The van der Waals surface area contributed by atoms with E-state index in [0.29, 0.717) is 0 Å². The number of nitrogen functional groups attached to an aromatic ring is 1. The molecule has 0 aliphatic carbocycles. The number of aromatic nitrogens is 1. The van der Waals surface area contributed by atoms with Gasteiger partial charge in [-0.25, -0.2) is 0 Å². The maximum atomic E-state index is 6.37. The molecule has 3 heteroatoms. The van der Waals surface area contributed by atoms with Gasteiger partial charge in [-0.15, -0.1) is 0 Å². The molecule has 1 aliphatic rings. The summed E-state index contributed by atoms with van der Waals surface area (Å²) < 4.78 is 0. The van der Waals surface area contributed by atoms with E-state index in [9.17, 15) is 0 Å². The van der Waals surface area contributed by atoms with Crippen LogP contribution in [0.1, 0.15) is 5.56 Å². The largest absolute Gasteiger partial charge is 0.396 e. The molecule has 0 fully saturated rings. The van der Waals surface area contributed by atoms with Gasteiger partial charge in [0.25, 0.3) is 0 Å². The van der Waals surface area contributed by atoms with Gasteiger partial charge in [-0.05, 0) is 42.3 Å². The lowest BCUT2D eigenvalue weighted by atomic mass is 10.1. The molecule has 1 aromatic heterocycles. The highest BCUT2D eigenvalue weighted by Gasteiger charge is 2.21. The van der Waals surface area contributed by atoms with Gasteiger partial charge in [0.15, 0.2) is 0 Å². The molecule has 2 N–H and O–H groups in total. The second kappa shape index (κ2) is 4.23. The molecular formula is C17H15N3. The van der Waals surface area contributed by atoms with Crippen LogP contribution in [-0.2, 0) is 6.42 Å². The summed E-state index contributed by atoms with van der Waals surface area (Å²) in [7, 11) is 0. The van der Waals surface area contributed by atoms with Crippen molar-refractivity contribution in [2.45, 2.75) is 6.42 Å². The maximum absolute atomic E-state index is 6.37. The minimum atomic E-state index is 0.812. The number of nitrogens with zero attached hydrogens (tertiary/aromatic N) is 2. The zero-order chi connectivity index (χ0) is 13.5. The number of para-hydroxylation sites is 1. The van der Waals surface area contributed by atoms with Gasteiger partial charge in [0, 0.05) is 23.8 Å². The van der Waals surface area contributed by atoms with Crippen molar-refractivity contribution in [2.24, 2.45) is 0 Å². The number of hydrogen-bond donors (Lipinski definition) is 1. The topological polar surface area (TPSA) is 42.1 Å². The van der Waals surface area contributed by atoms with E-state index in [1.54, 1.807) is 6.20 Å². The van der Waals surface area contributed by atoms with Crippen LogP contribution >= 0.6 is 0 Å². The first-order valence-electron chi connectivity index (χ1n) is 6.83. The van der Waals surface area contributed by atoms with Gasteiger partial charge in [0.05, 0.1) is 16.9 Å². The van der Waals surface area contributed by atoms with Crippen LogP contribution in [0.3, 0.4) is 0 Å². The quantitative estimate of drug-likeness (QED) is 0.682. The van der Waals surface area contributed by atoms with E-state index in [0.717, 1.165) is 35.2 Å². The van der Waals surface area contributed by atoms with Crippen molar-refractivity contribution in [3.63, 3.8) is 0 Å². The smallest absolute Gasteiger partial charge is 0.0724 e. The third-order valence-corrected chi connectivity index (χ3v) is 3.98. The number of benzene rings is 2. The van der Waals surface area contributed by atoms with Gasteiger partial charge in [0.1, 0.15) is 0 Å². The van der Waals surface area contributed by atoms with Gasteiger partial charge in [-0.1, -0.05) is 18.2 Å². The van der Waals surface area contributed by atoms with Crippen LogP contribution in [0.4, 0.5) is 17.1 Å². The molecular weight excluding hydrogens is 246 g/mol. The van der Waals surface area contributed by atoms with Crippen LogP contribution in [-0.4, -0.2) is 11.5 Å². The molecule has 4 rings (SSSR count). The molecule has 0 saturated carbocycles. The Morgan fingerprint density at radius 3 is 2.80 bits per heavy atom. The molecule has 98 valence electrons. The zero-order valence-corrected chi connectivity index (χ0v) is 11.1. The molecule has 1 aliphatic heterocycles. The van der Waals surface area contributed by atoms with Crippen LogP contribution in [0, 0.1) is 0 Å². The molecule has 3 nitrogen and oxygen atoms in total. The molecule has 2 aromatic carbocycles. The van der Waals surface area contributed by atoms with Gasteiger partial charge in [-0.3, -0.25) is 4.98 Å². The molecule has 0 saturated heterocycles. The van der Waals surface area contributed by atoms with Crippen molar-refractivity contribution in [3.05, 3.63) is 60.3 Å². The third-order valence-electron chi connectivity index (χ3n) is 3.98. The minimum Gasteiger partial charge on any atom is -0.396 e. The summed E-state index contributed by atoms with van der Waals surface area (Å²) in [4.78, 5) is 6.66. The van der Waals surface area contributed by atoms with Crippen LogP contribution in [0.15, 0.2) is 54.7 Å². The van der Waals surface area contributed by atoms with Crippen molar-refractivity contribution in [3.8, 4) is 0 Å². The Morgan fingerprint density at radius 2 is 1.85 bits per heavy atom. The van der Waals surface area contributed by atoms with Gasteiger partial charge in [0.2, 0.25) is 0 Å². The Balaban J connectivity index is 1.90. The fraction of sp³-hybridized carbons (Fsp3) is 0.118. The van der Waals surface area contributed by atoms with Gasteiger partial charge in [-0.2, -0.15) is 0 Å². The number of nitrogens with two attached hydrogens (primary N) is 1. The standard InChI is InChI=1S/C17H15N3/c18-17-13-5-3-10-19-14(13)7-8-16(17)20-11-9-12-4-1-2-6-15(12)20/h1-8,10H,9,11,18H2. The highest BCUT2D eigenvalue weighted by atomic mass is 15.2. The second-order valence-electron chi connectivity index (χ2n) is 5.10. The molecule has 3 aromatic rings. The highest BCUT2D eigenvalue weighted by molar-refractivity contribution is 5.98. The van der Waals surface area contributed by atoms with E-state index >= 15 is 0 Å². The van der Waals surface area contributed by atoms with Crippen molar-refractivity contribution < 1.29 is 0 Å². The predicted molar refractivity (Wildman–Crippen MR) is 83.3 cm³/mol. The molecule has 0 spiro atoms. The Hall–Kier alpha value is -2.55. The number of rotatable bonds is 1. The monoisotopic (exact) mass is 261 g/mol. The van der Waals surface area contributed by atoms with Crippen molar-refractivity contribution in [1.29, 1.82) is 0 Å². The predicted octanol–water partition coefficient (Wildman–Crippen LogP) is 3.51. The minimum absolute atomic E-state index is 0.812. The van der Waals surface area contributed by atoms with Crippen LogP contribution in [0.2, 0.25) is 0 Å². The lowest BCUT2D eigenvalue weighted by molar-refractivity contribution is 1.00. The van der Waals surface area contributed by atoms with E-state index in [1.807, 2.05) is 18.2 Å². The van der Waals surface area contributed by atoms with Crippen molar-refractivity contribution in [2.75, 3.05) is 17.2 Å². The fourth-order valence-electron chi connectivity index (χ4n) is 2.99. The number of fused-ring (bicyclic) bond motifs is 2. The number of anilines is 3. The summed E-state index contributed by atoms with van der Waals surface area (Å²) in [6, 6.07) is 16.6. The summed E-state index contributed by atoms with van der Waals surface area (Å²) in [5.41, 5.74) is 11.9. The first-order valence-corrected chi connectivity index (χ1v) is 6.83. The van der Waals surface area contributed by atoms with Crippen LogP contribution < -0.4 is 10.6 Å². The summed E-state index contributed by atoms with van der Waals surface area (Å²) in [5, 5.41) is 1.02. The summed E-state index contributed by atoms with van der Waals surface area (Å²) in [6.45, 7) is 0.981. The van der Waals surface area contributed by atoms with E-state index < -0.39 is 0 Å². The van der Waals surface area contributed by atoms with E-state index in [1.165, 1.54) is 11.3 Å². The summed E-state index contributed by atoms with van der Waals surface area (Å²) in [5.74, 6) is 0. The first-order chi connectivity index (χ1) is 9.84. The van der Waals surface area contributed by atoms with Crippen molar-refractivity contribution in [1.82, 2.24) is 4.98 Å². The lowest BCUT2D eigenvalue weighted by Gasteiger charge is -2.22. The molecule has 0 radical (unpaired) electrons. The molecule has 0 bridgehead atoms. The first kappa shape index (κ1) is 11.3. The number of hydrogen-bond acceptors (Lipinski definition) is 3. The Bertz CT molecular complexity index is 795. The SMILES string of the molecule is Nc1c(N2CCc3ccccc32)ccc2ncccc12. The zero-order valence-electron chi connectivity index (χ0n) is 11.1. The third kappa shape index (κ3) is 1.56. The van der Waals surface area contributed by atoms with Crippen LogP contribution in [0.5, 0.6) is 0 Å². The van der Waals surface area contributed by atoms with Crippen LogP contribution in [0.25, 0.3) is 10.9 Å². The molecule has 0 unspecified atom stereocenters. The number of pyridine rings is 1. The van der Waals surface area contributed by atoms with Crippen molar-refractivity contribution >= 4 is 28.0 Å². The van der Waals surface area contributed by atoms with E-state index in [2.05, 4.69) is 40.2 Å². The Labute approximate surface area is 117 Å². The van der Waals surface area contributed by atoms with Gasteiger partial charge >= 0.3 is 0 Å². The fourth-order valence-corrected chi connectivity index (χ4v) is 2.99. The normalized spacial score (nSPS) is 13.7. The summed E-state index contributed by atoms with van der Waals surface area (Å²) >= 11 is 0. The average molecular weight is 261 g/mol.